The van der Waals surface area contributed by atoms with Crippen molar-refractivity contribution in [1.82, 2.24) is 0 Å². The fourth-order valence-corrected chi connectivity index (χ4v) is 5.11. The number of hydrogen-bond acceptors (Lipinski definition) is 4. The van der Waals surface area contributed by atoms with Crippen molar-refractivity contribution >= 4 is 9.84 Å². The zero-order chi connectivity index (χ0) is 26.4. The van der Waals surface area contributed by atoms with E-state index in [0.717, 1.165) is 33.8 Å². The molecule has 0 aliphatic rings. The molecule has 0 bridgehead atoms. The Bertz CT molecular complexity index is 1320. The lowest BCUT2D eigenvalue weighted by Gasteiger charge is -2.11. The summed E-state index contributed by atoms with van der Waals surface area (Å²) in [5, 5.41) is 0. The summed E-state index contributed by atoms with van der Waals surface area (Å²) in [5.74, 6) is 2.49. The molecule has 0 atom stereocenters. The van der Waals surface area contributed by atoms with E-state index in [1.807, 2.05) is 72.8 Å². The van der Waals surface area contributed by atoms with Gasteiger partial charge in [0.1, 0.15) is 11.5 Å². The van der Waals surface area contributed by atoms with Crippen LogP contribution in [0.2, 0.25) is 0 Å². The van der Waals surface area contributed by atoms with Gasteiger partial charge in [0.05, 0.1) is 23.0 Å². The van der Waals surface area contributed by atoms with Gasteiger partial charge in [-0.2, -0.15) is 0 Å². The van der Waals surface area contributed by atoms with Crippen molar-refractivity contribution in [3.63, 3.8) is 0 Å². The molecule has 0 N–H and O–H groups in total. The summed E-state index contributed by atoms with van der Waals surface area (Å²) in [6.07, 6.45) is 0. The highest BCUT2D eigenvalue weighted by molar-refractivity contribution is 7.91. The van der Waals surface area contributed by atoms with Gasteiger partial charge in [-0.25, -0.2) is 8.42 Å². The number of benzene rings is 4. The van der Waals surface area contributed by atoms with E-state index in [2.05, 4.69) is 27.7 Å². The van der Waals surface area contributed by atoms with Gasteiger partial charge in [0.2, 0.25) is 9.84 Å². The molecule has 37 heavy (non-hydrogen) atoms. The van der Waals surface area contributed by atoms with Gasteiger partial charge in [-0.1, -0.05) is 76.2 Å². The Morgan fingerprint density at radius 2 is 0.919 bits per heavy atom. The number of rotatable bonds is 10. The standard InChI is InChI=1S/C32H34O4S/c1-23(2)21-35-29-9-5-7-27(19-29)25-11-15-31(16-12-25)37(33,34)32-17-13-26(14-18-32)28-8-6-10-30(20-28)36-22-24(3)4/h5-20,23-24H,21-22H2,1-4H3. The van der Waals surface area contributed by atoms with Crippen molar-refractivity contribution in [3.8, 4) is 33.8 Å². The third-order valence-electron chi connectivity index (χ3n) is 5.83. The topological polar surface area (TPSA) is 52.6 Å². The average Bonchev–Trinajstić information content (AvgIpc) is 2.91. The van der Waals surface area contributed by atoms with Crippen LogP contribution in [0.1, 0.15) is 27.7 Å². The molecule has 192 valence electrons. The van der Waals surface area contributed by atoms with Gasteiger partial charge in [0.25, 0.3) is 0 Å². The van der Waals surface area contributed by atoms with Crippen LogP contribution in [0.4, 0.5) is 0 Å². The number of hydrogen-bond donors (Lipinski definition) is 0. The average molecular weight is 515 g/mol. The summed E-state index contributed by atoms with van der Waals surface area (Å²) in [6.45, 7) is 9.74. The van der Waals surface area contributed by atoms with E-state index in [9.17, 15) is 8.42 Å². The number of sulfone groups is 1. The molecule has 5 heteroatoms. The Morgan fingerprint density at radius 3 is 1.27 bits per heavy atom. The van der Waals surface area contributed by atoms with Gasteiger partial charge < -0.3 is 9.47 Å². The SMILES string of the molecule is CC(C)COc1cccc(-c2ccc(S(=O)(=O)c3ccc(-c4cccc(OCC(C)C)c4)cc3)cc2)c1. The molecule has 0 spiro atoms. The second-order valence-corrected chi connectivity index (χ2v) is 12.0. The van der Waals surface area contributed by atoms with Gasteiger partial charge in [-0.3, -0.25) is 0 Å². The first-order valence-electron chi connectivity index (χ1n) is 12.6. The molecule has 4 aromatic carbocycles. The normalized spacial score (nSPS) is 11.6. The molecular formula is C32H34O4S. The molecule has 0 aromatic heterocycles. The van der Waals surface area contributed by atoms with Crippen LogP contribution in [0.5, 0.6) is 11.5 Å². The third kappa shape index (κ3) is 6.80. The fourth-order valence-electron chi connectivity index (χ4n) is 3.85. The predicted octanol–water partition coefficient (Wildman–Crippen LogP) is 7.92. The molecule has 0 radical (unpaired) electrons. The van der Waals surface area contributed by atoms with E-state index < -0.39 is 9.84 Å². The van der Waals surface area contributed by atoms with E-state index in [-0.39, 0.29) is 9.79 Å². The van der Waals surface area contributed by atoms with Crippen molar-refractivity contribution in [1.29, 1.82) is 0 Å². The van der Waals surface area contributed by atoms with E-state index in [0.29, 0.717) is 25.0 Å². The lowest BCUT2D eigenvalue weighted by molar-refractivity contribution is 0.271. The summed E-state index contributed by atoms with van der Waals surface area (Å²) in [4.78, 5) is 0.528. The monoisotopic (exact) mass is 514 g/mol. The lowest BCUT2D eigenvalue weighted by Crippen LogP contribution is -2.04. The molecule has 0 unspecified atom stereocenters. The van der Waals surface area contributed by atoms with Gasteiger partial charge in [-0.05, 0) is 82.6 Å². The molecule has 4 aromatic rings. The summed E-state index contributed by atoms with van der Waals surface area (Å²) in [5.41, 5.74) is 3.83. The van der Waals surface area contributed by atoms with E-state index in [4.69, 9.17) is 9.47 Å². The third-order valence-corrected chi connectivity index (χ3v) is 7.62. The Balaban J connectivity index is 1.51. The van der Waals surface area contributed by atoms with Gasteiger partial charge in [0.15, 0.2) is 0 Å². The molecule has 0 aliphatic carbocycles. The molecular weight excluding hydrogens is 480 g/mol. The Labute approximate surface area is 220 Å². The predicted molar refractivity (Wildman–Crippen MR) is 150 cm³/mol. The maximum atomic E-state index is 13.3. The molecule has 0 amide bonds. The largest absolute Gasteiger partial charge is 0.493 e. The molecule has 0 fully saturated rings. The first kappa shape index (κ1) is 26.5. The molecule has 0 heterocycles. The maximum absolute atomic E-state index is 13.3. The molecule has 4 rings (SSSR count). The van der Waals surface area contributed by atoms with E-state index >= 15 is 0 Å². The van der Waals surface area contributed by atoms with Crippen molar-refractivity contribution in [3.05, 3.63) is 97.1 Å². The minimum atomic E-state index is -3.64. The van der Waals surface area contributed by atoms with Crippen LogP contribution in [0, 0.1) is 11.8 Å². The first-order chi connectivity index (χ1) is 17.7. The van der Waals surface area contributed by atoms with Crippen LogP contribution in [-0.2, 0) is 9.84 Å². The Hall–Kier alpha value is -3.57. The van der Waals surface area contributed by atoms with Crippen LogP contribution in [0.15, 0.2) is 107 Å². The smallest absolute Gasteiger partial charge is 0.206 e. The highest BCUT2D eigenvalue weighted by Gasteiger charge is 2.18. The maximum Gasteiger partial charge on any atom is 0.206 e. The minimum absolute atomic E-state index is 0.264. The summed E-state index contributed by atoms with van der Waals surface area (Å²) in [6, 6.07) is 29.7. The quantitative estimate of drug-likeness (QED) is 0.216. The van der Waals surface area contributed by atoms with Gasteiger partial charge >= 0.3 is 0 Å². The second kappa shape index (κ2) is 11.7. The Morgan fingerprint density at radius 1 is 0.541 bits per heavy atom. The van der Waals surface area contributed by atoms with Gasteiger partial charge in [-0.15, -0.1) is 0 Å². The highest BCUT2D eigenvalue weighted by Crippen LogP contribution is 2.30. The van der Waals surface area contributed by atoms with Crippen molar-refractivity contribution in [2.45, 2.75) is 37.5 Å². The first-order valence-corrected chi connectivity index (χ1v) is 14.1. The second-order valence-electron chi connectivity index (χ2n) is 10.0. The minimum Gasteiger partial charge on any atom is -0.493 e. The molecule has 0 saturated carbocycles. The molecule has 0 saturated heterocycles. The van der Waals surface area contributed by atoms with Crippen molar-refractivity contribution < 1.29 is 17.9 Å². The number of ether oxygens (including phenoxy) is 2. The molecule has 0 aliphatic heterocycles. The summed E-state index contributed by atoms with van der Waals surface area (Å²) < 4.78 is 38.3. The highest BCUT2D eigenvalue weighted by atomic mass is 32.2. The van der Waals surface area contributed by atoms with E-state index in [1.54, 1.807) is 24.3 Å². The zero-order valence-electron chi connectivity index (χ0n) is 21.8. The van der Waals surface area contributed by atoms with Crippen LogP contribution in [0.3, 0.4) is 0 Å². The van der Waals surface area contributed by atoms with Gasteiger partial charge in [0, 0.05) is 0 Å². The fraction of sp³-hybridized carbons (Fsp3) is 0.250. The van der Waals surface area contributed by atoms with Crippen LogP contribution >= 0.6 is 0 Å². The lowest BCUT2D eigenvalue weighted by atomic mass is 10.1. The van der Waals surface area contributed by atoms with Crippen molar-refractivity contribution in [2.24, 2.45) is 11.8 Å². The van der Waals surface area contributed by atoms with Crippen LogP contribution in [-0.4, -0.2) is 21.6 Å². The summed E-state index contributed by atoms with van der Waals surface area (Å²) in [7, 11) is -3.64. The van der Waals surface area contributed by atoms with Crippen LogP contribution < -0.4 is 9.47 Å². The van der Waals surface area contributed by atoms with Crippen LogP contribution in [0.25, 0.3) is 22.3 Å². The Kier molecular flexibility index (Phi) is 8.34. The van der Waals surface area contributed by atoms with Crippen molar-refractivity contribution in [2.75, 3.05) is 13.2 Å². The zero-order valence-corrected chi connectivity index (χ0v) is 22.7. The van der Waals surface area contributed by atoms with E-state index in [1.165, 1.54) is 0 Å². The molecule has 4 nitrogen and oxygen atoms in total. The summed E-state index contributed by atoms with van der Waals surface area (Å²) >= 11 is 0.